The molecule has 2 N–H and O–H groups in total. The summed E-state index contributed by atoms with van der Waals surface area (Å²) in [5, 5.41) is 0. The van der Waals surface area contributed by atoms with Crippen LogP contribution in [0.5, 0.6) is 0 Å². The maximum Gasteiger partial charge on any atom is 0.141 e. The van der Waals surface area contributed by atoms with Gasteiger partial charge in [-0.2, -0.15) is 0 Å². The van der Waals surface area contributed by atoms with E-state index in [9.17, 15) is 4.39 Å². The van der Waals surface area contributed by atoms with Gasteiger partial charge in [0.25, 0.3) is 0 Å². The maximum atomic E-state index is 12.8. The number of rotatable bonds is 3. The standard InChI is InChI=1S/C13H14FN3/c1-17(13-6-5-11(14)9-16-13)12-4-2-3-10(7-12)8-15/h2-7,9H,8,15H2,1H3. The van der Waals surface area contributed by atoms with Gasteiger partial charge < -0.3 is 10.6 Å². The van der Waals surface area contributed by atoms with Crippen LogP contribution in [0, 0.1) is 5.82 Å². The fraction of sp³-hybridized carbons (Fsp3) is 0.154. The van der Waals surface area contributed by atoms with Crippen molar-refractivity contribution >= 4 is 11.5 Å². The molecule has 0 saturated carbocycles. The highest BCUT2D eigenvalue weighted by Crippen LogP contribution is 2.22. The summed E-state index contributed by atoms with van der Waals surface area (Å²) in [6.45, 7) is 0.499. The lowest BCUT2D eigenvalue weighted by Gasteiger charge is -2.18. The van der Waals surface area contributed by atoms with Crippen LogP contribution in [0.4, 0.5) is 15.9 Å². The van der Waals surface area contributed by atoms with Crippen molar-refractivity contribution in [2.24, 2.45) is 5.73 Å². The molecule has 17 heavy (non-hydrogen) atoms. The van der Waals surface area contributed by atoms with E-state index in [4.69, 9.17) is 5.73 Å². The van der Waals surface area contributed by atoms with E-state index in [0.717, 1.165) is 11.3 Å². The molecule has 0 aliphatic rings. The van der Waals surface area contributed by atoms with Gasteiger partial charge in [0.05, 0.1) is 6.20 Å². The second-order valence-corrected chi connectivity index (χ2v) is 3.77. The van der Waals surface area contributed by atoms with E-state index < -0.39 is 0 Å². The minimum absolute atomic E-state index is 0.335. The lowest BCUT2D eigenvalue weighted by Crippen LogP contribution is -2.11. The molecule has 0 bridgehead atoms. The van der Waals surface area contributed by atoms with Gasteiger partial charge in [0, 0.05) is 19.3 Å². The summed E-state index contributed by atoms with van der Waals surface area (Å²) in [7, 11) is 1.88. The number of hydrogen-bond acceptors (Lipinski definition) is 3. The number of aromatic nitrogens is 1. The second-order valence-electron chi connectivity index (χ2n) is 3.77. The molecular formula is C13H14FN3. The Morgan fingerprint density at radius 1 is 1.29 bits per heavy atom. The number of pyridine rings is 1. The summed E-state index contributed by atoms with van der Waals surface area (Å²) in [5.74, 6) is 0.360. The van der Waals surface area contributed by atoms with Crippen molar-refractivity contribution in [3.8, 4) is 0 Å². The van der Waals surface area contributed by atoms with E-state index in [2.05, 4.69) is 4.98 Å². The first-order chi connectivity index (χ1) is 8.20. The Hall–Kier alpha value is -1.94. The first-order valence-electron chi connectivity index (χ1n) is 5.35. The Bertz CT molecular complexity index is 496. The third kappa shape index (κ3) is 2.60. The zero-order valence-electron chi connectivity index (χ0n) is 9.60. The molecule has 0 atom stereocenters. The van der Waals surface area contributed by atoms with Crippen molar-refractivity contribution in [3.05, 3.63) is 54.0 Å². The van der Waals surface area contributed by atoms with Gasteiger partial charge in [-0.3, -0.25) is 0 Å². The number of nitrogens with zero attached hydrogens (tertiary/aromatic N) is 2. The molecule has 88 valence electrons. The van der Waals surface area contributed by atoms with Crippen LogP contribution in [0.1, 0.15) is 5.56 Å². The van der Waals surface area contributed by atoms with Gasteiger partial charge in [-0.1, -0.05) is 12.1 Å². The zero-order chi connectivity index (χ0) is 12.3. The molecule has 1 aromatic carbocycles. The number of nitrogens with two attached hydrogens (primary N) is 1. The summed E-state index contributed by atoms with van der Waals surface area (Å²) in [6.07, 6.45) is 1.21. The van der Waals surface area contributed by atoms with Crippen molar-refractivity contribution in [1.29, 1.82) is 0 Å². The minimum atomic E-state index is -0.335. The molecule has 2 rings (SSSR count). The van der Waals surface area contributed by atoms with E-state index in [1.54, 1.807) is 6.07 Å². The summed E-state index contributed by atoms with van der Waals surface area (Å²) in [4.78, 5) is 5.92. The van der Waals surface area contributed by atoms with E-state index in [1.807, 2.05) is 36.2 Å². The van der Waals surface area contributed by atoms with Crippen LogP contribution in [0.25, 0.3) is 0 Å². The largest absolute Gasteiger partial charge is 0.329 e. The zero-order valence-corrected chi connectivity index (χ0v) is 9.60. The summed E-state index contributed by atoms with van der Waals surface area (Å²) in [5.41, 5.74) is 7.62. The molecule has 0 amide bonds. The quantitative estimate of drug-likeness (QED) is 0.882. The van der Waals surface area contributed by atoms with E-state index >= 15 is 0 Å². The van der Waals surface area contributed by atoms with Gasteiger partial charge in [-0.15, -0.1) is 0 Å². The van der Waals surface area contributed by atoms with Gasteiger partial charge >= 0.3 is 0 Å². The molecule has 4 heteroatoms. The van der Waals surface area contributed by atoms with Gasteiger partial charge in [0.15, 0.2) is 0 Å². The van der Waals surface area contributed by atoms with Gasteiger partial charge in [-0.25, -0.2) is 9.37 Å². The summed E-state index contributed by atoms with van der Waals surface area (Å²) < 4.78 is 12.8. The molecule has 1 aromatic heterocycles. The average Bonchev–Trinajstić information content (AvgIpc) is 2.39. The van der Waals surface area contributed by atoms with Crippen LogP contribution in [0.15, 0.2) is 42.6 Å². The minimum Gasteiger partial charge on any atom is -0.329 e. The van der Waals surface area contributed by atoms with Crippen molar-refractivity contribution < 1.29 is 4.39 Å². The molecular weight excluding hydrogens is 217 g/mol. The van der Waals surface area contributed by atoms with E-state index in [0.29, 0.717) is 12.4 Å². The van der Waals surface area contributed by atoms with Crippen LogP contribution in [-0.4, -0.2) is 12.0 Å². The smallest absolute Gasteiger partial charge is 0.141 e. The Kier molecular flexibility index (Phi) is 3.35. The lowest BCUT2D eigenvalue weighted by atomic mass is 10.2. The Labute approximate surface area is 99.7 Å². The van der Waals surface area contributed by atoms with Crippen molar-refractivity contribution in [2.45, 2.75) is 6.54 Å². The van der Waals surface area contributed by atoms with Crippen LogP contribution < -0.4 is 10.6 Å². The summed E-state index contributed by atoms with van der Waals surface area (Å²) in [6, 6.07) is 10.9. The molecule has 0 saturated heterocycles. The fourth-order valence-electron chi connectivity index (χ4n) is 1.59. The number of anilines is 2. The van der Waals surface area contributed by atoms with Crippen molar-refractivity contribution in [1.82, 2.24) is 4.98 Å². The van der Waals surface area contributed by atoms with Crippen molar-refractivity contribution in [2.75, 3.05) is 11.9 Å². The van der Waals surface area contributed by atoms with Gasteiger partial charge in [0.1, 0.15) is 11.6 Å². The SMILES string of the molecule is CN(c1cccc(CN)c1)c1ccc(F)cn1. The molecule has 0 aliphatic carbocycles. The first kappa shape index (κ1) is 11.5. The van der Waals surface area contributed by atoms with E-state index in [-0.39, 0.29) is 5.82 Å². The average molecular weight is 231 g/mol. The molecule has 0 radical (unpaired) electrons. The summed E-state index contributed by atoms with van der Waals surface area (Å²) >= 11 is 0. The highest BCUT2D eigenvalue weighted by molar-refractivity contribution is 5.59. The van der Waals surface area contributed by atoms with Gasteiger partial charge in [-0.05, 0) is 29.8 Å². The monoisotopic (exact) mass is 231 g/mol. The first-order valence-corrected chi connectivity index (χ1v) is 5.35. The van der Waals surface area contributed by atoms with Crippen LogP contribution in [0.2, 0.25) is 0 Å². The Morgan fingerprint density at radius 2 is 2.12 bits per heavy atom. The number of hydrogen-bond donors (Lipinski definition) is 1. The topological polar surface area (TPSA) is 42.1 Å². The number of halogens is 1. The predicted molar refractivity (Wildman–Crippen MR) is 66.6 cm³/mol. The molecule has 0 aliphatic heterocycles. The number of benzene rings is 1. The maximum absolute atomic E-state index is 12.8. The van der Waals surface area contributed by atoms with Crippen LogP contribution in [0.3, 0.4) is 0 Å². The van der Waals surface area contributed by atoms with E-state index in [1.165, 1.54) is 12.3 Å². The molecule has 2 aromatic rings. The fourth-order valence-corrected chi connectivity index (χ4v) is 1.59. The normalized spacial score (nSPS) is 10.3. The predicted octanol–water partition coefficient (Wildman–Crippen LogP) is 2.45. The molecule has 1 heterocycles. The van der Waals surface area contributed by atoms with Crippen molar-refractivity contribution in [3.63, 3.8) is 0 Å². The third-order valence-electron chi connectivity index (χ3n) is 2.59. The molecule has 0 spiro atoms. The van der Waals surface area contributed by atoms with Gasteiger partial charge in [0.2, 0.25) is 0 Å². The lowest BCUT2D eigenvalue weighted by molar-refractivity contribution is 0.621. The molecule has 3 nitrogen and oxygen atoms in total. The third-order valence-corrected chi connectivity index (χ3v) is 2.59. The Morgan fingerprint density at radius 3 is 2.76 bits per heavy atom. The molecule has 0 fully saturated rings. The van der Waals surface area contributed by atoms with Crippen LogP contribution >= 0.6 is 0 Å². The van der Waals surface area contributed by atoms with Crippen LogP contribution in [-0.2, 0) is 6.54 Å². The Balaban J connectivity index is 2.29. The highest BCUT2D eigenvalue weighted by atomic mass is 19.1. The highest BCUT2D eigenvalue weighted by Gasteiger charge is 2.05. The molecule has 0 unspecified atom stereocenters. The second kappa shape index (κ2) is 4.93.